The Morgan fingerprint density at radius 1 is 1.11 bits per heavy atom. The van der Waals surface area contributed by atoms with Crippen LogP contribution in [0.15, 0.2) is 0 Å². The number of alkyl halides is 1. The molecule has 0 aliphatic rings. The molecule has 0 unspecified atom stereocenters. The monoisotopic (exact) mass is 155 g/mol. The summed E-state index contributed by atoms with van der Waals surface area (Å²) < 4.78 is 0. The van der Waals surface area contributed by atoms with Crippen molar-refractivity contribution in [2.45, 2.75) is 13.8 Å². The normalized spacial score (nSPS) is 8.00. The van der Waals surface area contributed by atoms with Gasteiger partial charge in [0.25, 0.3) is 0 Å². The van der Waals surface area contributed by atoms with Crippen molar-refractivity contribution in [1.82, 2.24) is 5.64 Å². The summed E-state index contributed by atoms with van der Waals surface area (Å²) in [5.41, 5.74) is 2.28. The van der Waals surface area contributed by atoms with Crippen LogP contribution in [0.25, 0.3) is 0 Å². The lowest BCUT2D eigenvalue weighted by Gasteiger charge is -1.98. The van der Waals surface area contributed by atoms with Gasteiger partial charge in [0.1, 0.15) is 0 Å². The van der Waals surface area contributed by atoms with Crippen LogP contribution in [0.3, 0.4) is 0 Å². The lowest BCUT2D eigenvalue weighted by molar-refractivity contribution is -0.163. The molecule has 0 fully saturated rings. The van der Waals surface area contributed by atoms with E-state index in [1.54, 1.807) is 0 Å². The third-order valence-electron chi connectivity index (χ3n) is 0.407. The van der Waals surface area contributed by atoms with Gasteiger partial charge >= 0.3 is 0 Å². The van der Waals surface area contributed by atoms with Crippen molar-refractivity contribution >= 4 is 11.6 Å². The fraction of sp³-hybridized carbons (Fsp3) is 1.00. The Kier molecular flexibility index (Phi) is 20.8. The maximum Gasteiger partial charge on any atom is 0.0680 e. The van der Waals surface area contributed by atoms with Gasteiger partial charge in [-0.25, -0.2) is 0 Å². The molecule has 0 aromatic rings. The summed E-state index contributed by atoms with van der Waals surface area (Å²) in [6.45, 7) is 5.01. The fourth-order valence-corrected chi connectivity index (χ4v) is 0.160. The molecule has 0 aliphatic carbocycles. The average molecular weight is 156 g/mol. The van der Waals surface area contributed by atoms with Crippen molar-refractivity contribution in [2.75, 3.05) is 19.6 Å². The zero-order chi connectivity index (χ0) is 7.54. The molecule has 0 aromatic carbocycles. The summed E-state index contributed by atoms with van der Waals surface area (Å²) in [6.07, 6.45) is 1.47. The summed E-state index contributed by atoms with van der Waals surface area (Å²) in [4.78, 5) is 9.20. The first kappa shape index (κ1) is 11.9. The van der Waals surface area contributed by atoms with Crippen LogP contribution in [0.4, 0.5) is 0 Å². The molecule has 4 heteroatoms. The van der Waals surface area contributed by atoms with Crippen LogP contribution in [0, 0.1) is 0 Å². The molecule has 0 atom stereocenters. The maximum atomic E-state index is 4.64. The first-order valence-corrected chi connectivity index (χ1v) is 3.53. The van der Waals surface area contributed by atoms with Crippen LogP contribution in [0.5, 0.6) is 0 Å². The van der Waals surface area contributed by atoms with E-state index in [-0.39, 0.29) is 0 Å². The molecule has 9 heavy (non-hydrogen) atoms. The Hall–Kier alpha value is 0.170. The summed E-state index contributed by atoms with van der Waals surface area (Å²) in [5, 5.41) is 0. The second-order valence-electron chi connectivity index (χ2n) is 0.949. The zero-order valence-electron chi connectivity index (χ0n) is 6.11. The van der Waals surface area contributed by atoms with Crippen molar-refractivity contribution < 1.29 is 9.68 Å². The Labute approximate surface area is 61.2 Å². The van der Waals surface area contributed by atoms with E-state index >= 15 is 0 Å². The molecule has 0 saturated carbocycles. The van der Waals surface area contributed by atoms with Gasteiger partial charge in [-0.1, -0.05) is 5.64 Å². The largest absolute Gasteiger partial charge is 0.277 e. The fourth-order valence-electron chi connectivity index (χ4n) is 0.160. The van der Waals surface area contributed by atoms with Crippen LogP contribution >= 0.6 is 11.6 Å². The second-order valence-corrected chi connectivity index (χ2v) is 0.949. The maximum absolute atomic E-state index is 4.64. The van der Waals surface area contributed by atoms with Crippen LogP contribution in [-0.4, -0.2) is 19.6 Å². The molecule has 0 heterocycles. The SMILES string of the molecule is CCONOCC.CCl. The van der Waals surface area contributed by atoms with Gasteiger partial charge in [-0.05, 0) is 13.8 Å². The van der Waals surface area contributed by atoms with Crippen LogP contribution < -0.4 is 5.64 Å². The molecule has 0 aliphatic heterocycles. The molecule has 3 nitrogen and oxygen atoms in total. The summed E-state index contributed by atoms with van der Waals surface area (Å²) in [5.74, 6) is 0. The van der Waals surface area contributed by atoms with E-state index in [1.807, 2.05) is 13.8 Å². The standard InChI is InChI=1S/C4H11NO2.CH3Cl/c1-3-6-5-7-4-2;1-2/h5H,3-4H2,1-2H3;1H3. The van der Waals surface area contributed by atoms with Gasteiger partial charge < -0.3 is 0 Å². The molecule has 0 radical (unpaired) electrons. The molecule has 0 saturated heterocycles. The Morgan fingerprint density at radius 2 is 1.44 bits per heavy atom. The molecule has 0 bridgehead atoms. The Balaban J connectivity index is 0. The predicted molar refractivity (Wildman–Crippen MR) is 38.2 cm³/mol. The Morgan fingerprint density at radius 3 is 1.67 bits per heavy atom. The number of hydrogen-bond acceptors (Lipinski definition) is 3. The third kappa shape index (κ3) is 17.9. The second kappa shape index (κ2) is 15.7. The van der Waals surface area contributed by atoms with E-state index < -0.39 is 0 Å². The summed E-state index contributed by atoms with van der Waals surface area (Å²) in [7, 11) is 0. The molecule has 0 spiro atoms. The third-order valence-corrected chi connectivity index (χ3v) is 0.407. The highest BCUT2D eigenvalue weighted by Crippen LogP contribution is 1.64. The van der Waals surface area contributed by atoms with Crippen LogP contribution in [0.2, 0.25) is 0 Å². The highest BCUT2D eigenvalue weighted by Gasteiger charge is 1.74. The first-order chi connectivity index (χ1) is 4.41. The molecule has 0 aromatic heterocycles. The van der Waals surface area contributed by atoms with E-state index in [9.17, 15) is 0 Å². The minimum atomic E-state index is 0.625. The minimum Gasteiger partial charge on any atom is -0.277 e. The average Bonchev–Trinajstić information content (AvgIpc) is 1.94. The van der Waals surface area contributed by atoms with E-state index in [1.165, 1.54) is 6.38 Å². The molecule has 0 amide bonds. The van der Waals surface area contributed by atoms with Crippen molar-refractivity contribution in [3.8, 4) is 0 Å². The van der Waals surface area contributed by atoms with Crippen LogP contribution in [-0.2, 0) is 9.68 Å². The first-order valence-electron chi connectivity index (χ1n) is 2.78. The van der Waals surface area contributed by atoms with Crippen molar-refractivity contribution in [2.24, 2.45) is 0 Å². The number of nitrogens with one attached hydrogen (secondary N) is 1. The van der Waals surface area contributed by atoms with Gasteiger partial charge in [0.15, 0.2) is 0 Å². The number of rotatable bonds is 4. The van der Waals surface area contributed by atoms with E-state index in [2.05, 4.69) is 26.9 Å². The van der Waals surface area contributed by atoms with Gasteiger partial charge in [0.2, 0.25) is 0 Å². The van der Waals surface area contributed by atoms with Gasteiger partial charge in [-0.3, -0.25) is 9.68 Å². The Bertz CT molecular complexity index is 34.1. The number of hydrogen-bond donors (Lipinski definition) is 1. The molecule has 1 N–H and O–H groups in total. The van der Waals surface area contributed by atoms with Crippen molar-refractivity contribution in [3.05, 3.63) is 0 Å². The number of halogens is 1. The predicted octanol–water partition coefficient (Wildman–Crippen LogP) is 1.33. The van der Waals surface area contributed by atoms with Crippen molar-refractivity contribution in [1.29, 1.82) is 0 Å². The van der Waals surface area contributed by atoms with E-state index in [0.29, 0.717) is 13.2 Å². The van der Waals surface area contributed by atoms with Gasteiger partial charge in [-0.15, -0.1) is 11.6 Å². The van der Waals surface area contributed by atoms with Gasteiger partial charge in [0.05, 0.1) is 13.2 Å². The molecular weight excluding hydrogens is 142 g/mol. The molecule has 58 valence electrons. The summed E-state index contributed by atoms with van der Waals surface area (Å²) in [6, 6.07) is 0. The van der Waals surface area contributed by atoms with Crippen LogP contribution in [0.1, 0.15) is 13.8 Å². The lowest BCUT2D eigenvalue weighted by atomic mass is 10.9. The smallest absolute Gasteiger partial charge is 0.0680 e. The molecular formula is C5H14ClNO2. The van der Waals surface area contributed by atoms with E-state index in [4.69, 9.17) is 0 Å². The topological polar surface area (TPSA) is 30.5 Å². The minimum absolute atomic E-state index is 0.625. The molecule has 0 rings (SSSR count). The highest BCUT2D eigenvalue weighted by atomic mass is 35.5. The lowest BCUT2D eigenvalue weighted by Crippen LogP contribution is -2.14. The van der Waals surface area contributed by atoms with Gasteiger partial charge in [0, 0.05) is 6.38 Å². The van der Waals surface area contributed by atoms with Gasteiger partial charge in [-0.2, -0.15) is 0 Å². The zero-order valence-corrected chi connectivity index (χ0v) is 6.86. The van der Waals surface area contributed by atoms with Crippen molar-refractivity contribution in [3.63, 3.8) is 0 Å². The quantitative estimate of drug-likeness (QED) is 0.378. The summed E-state index contributed by atoms with van der Waals surface area (Å²) >= 11 is 4.64. The van der Waals surface area contributed by atoms with E-state index in [0.717, 1.165) is 0 Å². The highest BCUT2D eigenvalue weighted by molar-refractivity contribution is 6.15.